The van der Waals surface area contributed by atoms with E-state index in [-0.39, 0.29) is 5.75 Å². The second kappa shape index (κ2) is 4.62. The third-order valence-corrected chi connectivity index (χ3v) is 1.85. The minimum atomic E-state index is -0.635. The van der Waals surface area contributed by atoms with E-state index in [0.29, 0.717) is 12.2 Å². The topological polar surface area (TPSA) is 72.5 Å². The van der Waals surface area contributed by atoms with E-state index in [2.05, 4.69) is 0 Å². The smallest absolute Gasteiger partial charge is 0.217 e. The van der Waals surface area contributed by atoms with E-state index in [0.717, 1.165) is 5.56 Å². The molecule has 0 saturated carbocycles. The van der Waals surface area contributed by atoms with Crippen LogP contribution in [0.4, 0.5) is 0 Å². The Morgan fingerprint density at radius 3 is 2.93 bits per heavy atom. The van der Waals surface area contributed by atoms with Gasteiger partial charge >= 0.3 is 0 Å². The van der Waals surface area contributed by atoms with Gasteiger partial charge < -0.3 is 15.6 Å². The average Bonchev–Trinajstić information content (AvgIpc) is 2.20. The summed E-state index contributed by atoms with van der Waals surface area (Å²) in [4.78, 5) is 10.2. The highest BCUT2D eigenvalue weighted by molar-refractivity contribution is 5.59. The lowest BCUT2D eigenvalue weighted by atomic mass is 10.1. The molecule has 0 aliphatic rings. The molecule has 0 bridgehead atoms. The highest BCUT2D eigenvalue weighted by atomic mass is 16.5. The van der Waals surface area contributed by atoms with Crippen molar-refractivity contribution in [1.29, 1.82) is 0 Å². The molecule has 4 heteroatoms. The van der Waals surface area contributed by atoms with Crippen molar-refractivity contribution in [3.63, 3.8) is 0 Å². The number of nitrogens with two attached hydrogens (primary N) is 1. The van der Waals surface area contributed by atoms with Gasteiger partial charge in [-0.2, -0.15) is 0 Å². The van der Waals surface area contributed by atoms with E-state index >= 15 is 0 Å². The Hall–Kier alpha value is -1.55. The molecule has 1 radical (unpaired) electrons. The quantitative estimate of drug-likeness (QED) is 0.726. The first kappa shape index (κ1) is 10.5. The van der Waals surface area contributed by atoms with E-state index in [1.54, 1.807) is 18.4 Å². The Labute approximate surface area is 82.3 Å². The number of benzene rings is 1. The van der Waals surface area contributed by atoms with Gasteiger partial charge in [0.25, 0.3) is 0 Å². The van der Waals surface area contributed by atoms with Crippen LogP contribution in [-0.2, 0) is 11.2 Å². The molecular formula is C10H12NO3. The number of hydrogen-bond donors (Lipinski definition) is 2. The average molecular weight is 194 g/mol. The molecule has 1 aromatic rings. The largest absolute Gasteiger partial charge is 0.504 e. The number of aromatic hydroxyl groups is 1. The monoisotopic (exact) mass is 194 g/mol. The number of phenolic OH excluding ortho intramolecular Hbond substituents is 1. The zero-order valence-corrected chi connectivity index (χ0v) is 7.86. The van der Waals surface area contributed by atoms with Gasteiger partial charge in [0.05, 0.1) is 13.2 Å². The first-order valence-electron chi connectivity index (χ1n) is 4.16. The van der Waals surface area contributed by atoms with Gasteiger partial charge in [-0.3, -0.25) is 4.79 Å². The molecule has 0 spiro atoms. The summed E-state index contributed by atoms with van der Waals surface area (Å²) >= 11 is 0. The summed E-state index contributed by atoms with van der Waals surface area (Å²) in [7, 11) is 1.46. The highest BCUT2D eigenvalue weighted by Gasteiger charge is 2.06. The van der Waals surface area contributed by atoms with Crippen LogP contribution in [0.15, 0.2) is 18.2 Å². The van der Waals surface area contributed by atoms with Crippen LogP contribution in [0.1, 0.15) is 5.56 Å². The summed E-state index contributed by atoms with van der Waals surface area (Å²) in [5.41, 5.74) is 6.24. The van der Waals surface area contributed by atoms with Crippen LogP contribution in [-0.4, -0.2) is 24.5 Å². The van der Waals surface area contributed by atoms with Crippen LogP contribution >= 0.6 is 0 Å². The van der Waals surface area contributed by atoms with Gasteiger partial charge in [0.15, 0.2) is 11.5 Å². The van der Waals surface area contributed by atoms with E-state index in [4.69, 9.17) is 10.5 Å². The first-order valence-corrected chi connectivity index (χ1v) is 4.16. The van der Waals surface area contributed by atoms with Gasteiger partial charge in [0, 0.05) is 0 Å². The Kier molecular flexibility index (Phi) is 3.48. The van der Waals surface area contributed by atoms with Crippen molar-refractivity contribution in [2.24, 2.45) is 5.73 Å². The molecule has 3 N–H and O–H groups in total. The van der Waals surface area contributed by atoms with Crippen molar-refractivity contribution in [3.8, 4) is 11.5 Å². The molecule has 0 aromatic heterocycles. The normalized spacial score (nSPS) is 12.1. The Morgan fingerprint density at radius 1 is 1.64 bits per heavy atom. The fraction of sp³-hybridized carbons (Fsp3) is 0.300. The maximum absolute atomic E-state index is 10.2. The molecule has 75 valence electrons. The lowest BCUT2D eigenvalue weighted by Gasteiger charge is -2.07. The maximum Gasteiger partial charge on any atom is 0.217 e. The standard InChI is InChI=1S/C10H12NO3/c1-14-10-5-7(2-3-9(10)13)4-8(11)6-12/h2-3,5,8,13H,4,11H2,1H3. The highest BCUT2D eigenvalue weighted by Crippen LogP contribution is 2.26. The molecule has 1 aromatic carbocycles. The van der Waals surface area contributed by atoms with Gasteiger partial charge in [-0.05, 0) is 24.1 Å². The van der Waals surface area contributed by atoms with E-state index < -0.39 is 6.04 Å². The summed E-state index contributed by atoms with van der Waals surface area (Å²) in [6, 6.07) is 4.21. The Bertz CT molecular complexity index is 325. The molecule has 0 aliphatic heterocycles. The van der Waals surface area contributed by atoms with E-state index in [1.807, 2.05) is 0 Å². The van der Waals surface area contributed by atoms with Crippen LogP contribution in [0, 0.1) is 0 Å². The lowest BCUT2D eigenvalue weighted by Crippen LogP contribution is -2.23. The molecular weight excluding hydrogens is 182 g/mol. The lowest BCUT2D eigenvalue weighted by molar-refractivity contribution is 0.373. The molecule has 0 heterocycles. The summed E-state index contributed by atoms with van der Waals surface area (Å²) in [6.07, 6.45) is 2.08. The van der Waals surface area contributed by atoms with Gasteiger partial charge in [0.2, 0.25) is 6.29 Å². The molecule has 0 aliphatic carbocycles. The summed E-state index contributed by atoms with van der Waals surface area (Å²) < 4.78 is 4.91. The molecule has 14 heavy (non-hydrogen) atoms. The second-order valence-corrected chi connectivity index (χ2v) is 2.93. The number of phenols is 1. The zero-order valence-electron chi connectivity index (χ0n) is 7.86. The summed E-state index contributed by atoms with van der Waals surface area (Å²) in [5.74, 6) is 0.445. The first-order chi connectivity index (χ1) is 6.67. The van der Waals surface area contributed by atoms with Crippen LogP contribution in [0.3, 0.4) is 0 Å². The number of hydrogen-bond acceptors (Lipinski definition) is 4. The fourth-order valence-corrected chi connectivity index (χ4v) is 1.14. The number of ether oxygens (including phenoxy) is 1. The summed E-state index contributed by atoms with van der Waals surface area (Å²) in [5, 5.41) is 9.29. The molecule has 1 atom stereocenters. The molecule has 0 saturated heterocycles. The maximum atomic E-state index is 10.2. The van der Waals surface area contributed by atoms with Crippen LogP contribution in [0.25, 0.3) is 0 Å². The summed E-state index contributed by atoms with van der Waals surface area (Å²) in [6.45, 7) is 0. The molecule has 0 amide bonds. The molecule has 1 rings (SSSR count). The van der Waals surface area contributed by atoms with Crippen molar-refractivity contribution >= 4 is 6.29 Å². The third kappa shape index (κ3) is 2.47. The number of methoxy groups -OCH3 is 1. The zero-order chi connectivity index (χ0) is 10.6. The van der Waals surface area contributed by atoms with Crippen molar-refractivity contribution in [1.82, 2.24) is 0 Å². The van der Waals surface area contributed by atoms with Crippen molar-refractivity contribution in [2.45, 2.75) is 12.5 Å². The Balaban J connectivity index is 2.84. The minimum absolute atomic E-state index is 0.0694. The minimum Gasteiger partial charge on any atom is -0.504 e. The third-order valence-electron chi connectivity index (χ3n) is 1.85. The molecule has 4 nitrogen and oxygen atoms in total. The Morgan fingerprint density at radius 2 is 2.36 bits per heavy atom. The van der Waals surface area contributed by atoms with E-state index in [1.165, 1.54) is 13.2 Å². The van der Waals surface area contributed by atoms with Gasteiger partial charge in [-0.15, -0.1) is 0 Å². The van der Waals surface area contributed by atoms with Crippen molar-refractivity contribution in [2.75, 3.05) is 7.11 Å². The van der Waals surface area contributed by atoms with Crippen LogP contribution < -0.4 is 10.5 Å². The van der Waals surface area contributed by atoms with Crippen molar-refractivity contribution < 1.29 is 14.6 Å². The van der Waals surface area contributed by atoms with Gasteiger partial charge in [-0.25, -0.2) is 0 Å². The SMILES string of the molecule is COc1cc(CC(N)[C]=O)ccc1O. The van der Waals surface area contributed by atoms with Crippen LogP contribution in [0.2, 0.25) is 0 Å². The fourth-order valence-electron chi connectivity index (χ4n) is 1.14. The predicted molar refractivity (Wildman–Crippen MR) is 52.0 cm³/mol. The van der Waals surface area contributed by atoms with E-state index in [9.17, 15) is 9.90 Å². The molecule has 1 unspecified atom stereocenters. The number of rotatable bonds is 4. The predicted octanol–water partition coefficient (Wildman–Crippen LogP) is 0.380. The number of carbonyl (C=O) groups excluding carboxylic acids is 1. The van der Waals surface area contributed by atoms with Gasteiger partial charge in [-0.1, -0.05) is 6.07 Å². The molecule has 0 fully saturated rings. The van der Waals surface area contributed by atoms with Crippen molar-refractivity contribution in [3.05, 3.63) is 23.8 Å². The van der Waals surface area contributed by atoms with Crippen LogP contribution in [0.5, 0.6) is 11.5 Å². The van der Waals surface area contributed by atoms with Gasteiger partial charge in [0.1, 0.15) is 0 Å². The second-order valence-electron chi connectivity index (χ2n) is 2.93.